The minimum Gasteiger partial charge on any atom is -0.493 e. The summed E-state index contributed by atoms with van der Waals surface area (Å²) in [5.41, 5.74) is 5.76. The molecule has 1 aromatic carbocycles. The van der Waals surface area contributed by atoms with Crippen LogP contribution in [0.1, 0.15) is 29.8 Å². The Kier molecular flexibility index (Phi) is 2.50. The zero-order chi connectivity index (χ0) is 14.5. The molecule has 110 valence electrons. The van der Waals surface area contributed by atoms with Crippen LogP contribution in [0.15, 0.2) is 24.4 Å². The molecule has 0 N–H and O–H groups in total. The van der Waals surface area contributed by atoms with Crippen molar-refractivity contribution in [2.75, 3.05) is 6.61 Å². The van der Waals surface area contributed by atoms with Gasteiger partial charge in [-0.3, -0.25) is 4.40 Å². The number of fused-ring (bicyclic) bond motifs is 4. The fraction of sp³-hybridized carbons (Fsp3) is 0.353. The Morgan fingerprint density at radius 2 is 2.00 bits per heavy atom. The molecule has 0 amide bonds. The number of aromatic nitrogens is 4. The lowest BCUT2D eigenvalue weighted by molar-refractivity contribution is 0.357. The molecule has 0 spiro atoms. The molecule has 0 radical (unpaired) electrons. The largest absolute Gasteiger partial charge is 0.493 e. The highest BCUT2D eigenvalue weighted by molar-refractivity contribution is 5.64. The van der Waals surface area contributed by atoms with Crippen LogP contribution in [0, 0.1) is 0 Å². The fourth-order valence-electron chi connectivity index (χ4n) is 3.47. The summed E-state index contributed by atoms with van der Waals surface area (Å²) in [5.74, 6) is 1.71. The van der Waals surface area contributed by atoms with Crippen molar-refractivity contribution < 1.29 is 4.74 Å². The topological polar surface area (TPSA) is 52.3 Å². The molecule has 0 bridgehead atoms. The molecular formula is C17H16N4O. The Hall–Kier alpha value is -2.43. The van der Waals surface area contributed by atoms with Gasteiger partial charge in [0.05, 0.1) is 18.0 Å². The van der Waals surface area contributed by atoms with Crippen molar-refractivity contribution in [2.24, 2.45) is 0 Å². The van der Waals surface area contributed by atoms with E-state index in [1.807, 2.05) is 6.07 Å². The Labute approximate surface area is 128 Å². The van der Waals surface area contributed by atoms with Crippen LogP contribution in [0.3, 0.4) is 0 Å². The molecular weight excluding hydrogens is 276 g/mol. The van der Waals surface area contributed by atoms with Gasteiger partial charge in [0.25, 0.3) is 5.78 Å². The molecule has 5 rings (SSSR count). The maximum Gasteiger partial charge on any atom is 0.254 e. The van der Waals surface area contributed by atoms with E-state index in [1.54, 1.807) is 0 Å². The summed E-state index contributed by atoms with van der Waals surface area (Å²) in [4.78, 5) is 4.67. The fourth-order valence-corrected chi connectivity index (χ4v) is 3.47. The third-order valence-corrected chi connectivity index (χ3v) is 4.63. The van der Waals surface area contributed by atoms with Gasteiger partial charge in [-0.2, -0.15) is 5.10 Å². The second kappa shape index (κ2) is 4.53. The summed E-state index contributed by atoms with van der Waals surface area (Å²) in [7, 11) is 0. The summed E-state index contributed by atoms with van der Waals surface area (Å²) in [6.07, 6.45) is 7.60. The Morgan fingerprint density at radius 3 is 3.00 bits per heavy atom. The number of ether oxygens (including phenoxy) is 1. The van der Waals surface area contributed by atoms with Gasteiger partial charge < -0.3 is 4.74 Å². The van der Waals surface area contributed by atoms with Gasteiger partial charge in [-0.1, -0.05) is 0 Å². The Morgan fingerprint density at radius 1 is 1.05 bits per heavy atom. The van der Waals surface area contributed by atoms with E-state index in [2.05, 4.69) is 37.9 Å². The minimum absolute atomic E-state index is 0.701. The number of benzene rings is 1. The van der Waals surface area contributed by atoms with E-state index < -0.39 is 0 Å². The van der Waals surface area contributed by atoms with Crippen LogP contribution in [-0.2, 0) is 19.3 Å². The van der Waals surface area contributed by atoms with Gasteiger partial charge in [0.15, 0.2) is 0 Å². The van der Waals surface area contributed by atoms with Crippen LogP contribution in [0.4, 0.5) is 0 Å². The first-order chi connectivity index (χ1) is 10.9. The van der Waals surface area contributed by atoms with Gasteiger partial charge in [0, 0.05) is 23.9 Å². The summed E-state index contributed by atoms with van der Waals surface area (Å²) < 4.78 is 7.70. The maximum atomic E-state index is 5.57. The van der Waals surface area contributed by atoms with Crippen molar-refractivity contribution in [3.8, 4) is 17.0 Å². The first kappa shape index (κ1) is 12.1. The molecule has 0 atom stereocenters. The van der Waals surface area contributed by atoms with E-state index in [0.29, 0.717) is 5.78 Å². The van der Waals surface area contributed by atoms with Crippen molar-refractivity contribution in [3.05, 3.63) is 41.3 Å². The number of hydrogen-bond acceptors (Lipinski definition) is 4. The van der Waals surface area contributed by atoms with E-state index in [9.17, 15) is 0 Å². The third-order valence-electron chi connectivity index (χ3n) is 4.63. The van der Waals surface area contributed by atoms with Crippen LogP contribution < -0.4 is 4.74 Å². The average molecular weight is 292 g/mol. The number of imidazole rings is 1. The van der Waals surface area contributed by atoms with Crippen molar-refractivity contribution in [3.63, 3.8) is 0 Å². The van der Waals surface area contributed by atoms with E-state index >= 15 is 0 Å². The van der Waals surface area contributed by atoms with Crippen LogP contribution in [0.2, 0.25) is 0 Å². The van der Waals surface area contributed by atoms with Gasteiger partial charge in [-0.15, -0.1) is 5.10 Å². The summed E-state index contributed by atoms with van der Waals surface area (Å²) in [6.45, 7) is 0.781. The molecule has 2 aromatic heterocycles. The molecule has 0 saturated carbocycles. The monoisotopic (exact) mass is 292 g/mol. The van der Waals surface area contributed by atoms with Gasteiger partial charge in [0.2, 0.25) is 0 Å². The quantitative estimate of drug-likeness (QED) is 0.692. The SMILES string of the molecule is c1cc2c(cc1-c1cn3c4c(nnc3n1)CCCC4)CCO2. The number of aryl methyl sites for hydroxylation is 2. The predicted octanol–water partition coefficient (Wildman–Crippen LogP) is 2.61. The molecule has 5 heteroatoms. The molecule has 22 heavy (non-hydrogen) atoms. The highest BCUT2D eigenvalue weighted by Gasteiger charge is 2.18. The summed E-state index contributed by atoms with van der Waals surface area (Å²) in [5, 5.41) is 8.65. The third kappa shape index (κ3) is 1.75. The van der Waals surface area contributed by atoms with E-state index in [1.165, 1.54) is 24.1 Å². The number of nitrogens with zero attached hydrogens (tertiary/aromatic N) is 4. The molecule has 2 aliphatic rings. The van der Waals surface area contributed by atoms with Gasteiger partial charge in [-0.05, 0) is 49.4 Å². The number of rotatable bonds is 1. The molecule has 0 fully saturated rings. The smallest absolute Gasteiger partial charge is 0.254 e. The summed E-state index contributed by atoms with van der Waals surface area (Å²) in [6, 6.07) is 6.30. The van der Waals surface area contributed by atoms with E-state index in [0.717, 1.165) is 48.6 Å². The van der Waals surface area contributed by atoms with Gasteiger partial charge >= 0.3 is 0 Å². The molecule has 3 aromatic rings. The second-order valence-electron chi connectivity index (χ2n) is 6.02. The van der Waals surface area contributed by atoms with Gasteiger partial charge in [0.1, 0.15) is 5.75 Å². The highest BCUT2D eigenvalue weighted by Crippen LogP contribution is 2.30. The van der Waals surface area contributed by atoms with Crippen LogP contribution in [-0.4, -0.2) is 26.2 Å². The standard InChI is InChI=1S/C17H16N4O/c1-2-4-15-13(3-1)19-20-17-18-14(10-21(15)17)11-5-6-16-12(9-11)7-8-22-16/h5-6,9-10H,1-4,7-8H2. The minimum atomic E-state index is 0.701. The van der Waals surface area contributed by atoms with Crippen LogP contribution >= 0.6 is 0 Å². The van der Waals surface area contributed by atoms with Crippen LogP contribution in [0.25, 0.3) is 17.0 Å². The van der Waals surface area contributed by atoms with Crippen molar-refractivity contribution in [2.45, 2.75) is 32.1 Å². The van der Waals surface area contributed by atoms with Crippen molar-refractivity contribution in [1.29, 1.82) is 0 Å². The molecule has 3 heterocycles. The summed E-state index contributed by atoms with van der Waals surface area (Å²) >= 11 is 0. The van der Waals surface area contributed by atoms with Gasteiger partial charge in [-0.25, -0.2) is 4.98 Å². The van der Waals surface area contributed by atoms with Crippen molar-refractivity contribution in [1.82, 2.24) is 19.6 Å². The molecule has 5 nitrogen and oxygen atoms in total. The van der Waals surface area contributed by atoms with Crippen LogP contribution in [0.5, 0.6) is 5.75 Å². The second-order valence-corrected chi connectivity index (χ2v) is 6.02. The first-order valence-corrected chi connectivity index (χ1v) is 7.88. The lowest BCUT2D eigenvalue weighted by Gasteiger charge is -2.14. The maximum absolute atomic E-state index is 5.57. The lowest BCUT2D eigenvalue weighted by atomic mass is 10.0. The first-order valence-electron chi connectivity index (χ1n) is 7.88. The molecule has 0 unspecified atom stereocenters. The lowest BCUT2D eigenvalue weighted by Crippen LogP contribution is -2.12. The molecule has 1 aliphatic heterocycles. The highest BCUT2D eigenvalue weighted by atomic mass is 16.5. The van der Waals surface area contributed by atoms with E-state index in [-0.39, 0.29) is 0 Å². The zero-order valence-electron chi connectivity index (χ0n) is 12.2. The number of hydrogen-bond donors (Lipinski definition) is 0. The zero-order valence-corrected chi connectivity index (χ0v) is 12.2. The molecule has 1 aliphatic carbocycles. The predicted molar refractivity (Wildman–Crippen MR) is 82.1 cm³/mol. The van der Waals surface area contributed by atoms with E-state index in [4.69, 9.17) is 4.74 Å². The average Bonchev–Trinajstić information content (AvgIpc) is 3.20. The van der Waals surface area contributed by atoms with Crippen molar-refractivity contribution >= 4 is 5.78 Å². The Balaban J connectivity index is 1.66. The normalized spacial score (nSPS) is 16.4. The molecule has 0 saturated heterocycles. The Bertz CT molecular complexity index is 884.